The van der Waals surface area contributed by atoms with Gasteiger partial charge in [-0.1, -0.05) is 33.1 Å². The van der Waals surface area contributed by atoms with Crippen LogP contribution in [0.2, 0.25) is 0 Å². The summed E-state index contributed by atoms with van der Waals surface area (Å²) in [6.07, 6.45) is 6.48. The summed E-state index contributed by atoms with van der Waals surface area (Å²) in [4.78, 5) is 0. The summed E-state index contributed by atoms with van der Waals surface area (Å²) >= 11 is 0. The van der Waals surface area contributed by atoms with Crippen molar-refractivity contribution < 1.29 is 4.39 Å². The van der Waals surface area contributed by atoms with E-state index in [0.717, 1.165) is 0 Å². The van der Waals surface area contributed by atoms with Gasteiger partial charge in [0.05, 0.1) is 6.67 Å². The first-order valence-electron chi connectivity index (χ1n) is 4.73. The highest BCUT2D eigenvalue weighted by molar-refractivity contribution is 4.80. The minimum Gasteiger partial charge on any atom is -0.251 e. The van der Waals surface area contributed by atoms with E-state index >= 15 is 0 Å². The molecule has 0 saturated heterocycles. The molecule has 0 unspecified atom stereocenters. The second-order valence-electron chi connectivity index (χ2n) is 4.46. The van der Waals surface area contributed by atoms with Gasteiger partial charge in [0.15, 0.2) is 0 Å². The lowest BCUT2D eigenvalue weighted by molar-refractivity contribution is 0.120. The van der Waals surface area contributed by atoms with E-state index in [9.17, 15) is 4.39 Å². The maximum absolute atomic E-state index is 12.6. The standard InChI is InChI=1S/C10H19F/c1-10(2,8-11)9-6-4-3-5-7-9/h9H,3-8H2,1-2H3. The van der Waals surface area contributed by atoms with Crippen molar-refractivity contribution in [3.8, 4) is 0 Å². The van der Waals surface area contributed by atoms with Crippen LogP contribution in [0.1, 0.15) is 46.0 Å². The molecule has 0 amide bonds. The van der Waals surface area contributed by atoms with Crippen molar-refractivity contribution in [1.82, 2.24) is 0 Å². The number of hydrogen-bond donors (Lipinski definition) is 0. The van der Waals surface area contributed by atoms with Gasteiger partial charge in [-0.05, 0) is 24.2 Å². The van der Waals surface area contributed by atoms with Gasteiger partial charge in [0.2, 0.25) is 0 Å². The highest BCUT2D eigenvalue weighted by Gasteiger charge is 2.30. The van der Waals surface area contributed by atoms with Gasteiger partial charge in [-0.3, -0.25) is 4.39 Å². The molecule has 0 aromatic heterocycles. The van der Waals surface area contributed by atoms with Crippen LogP contribution in [-0.2, 0) is 0 Å². The second kappa shape index (κ2) is 3.55. The Kier molecular flexibility index (Phi) is 2.91. The fourth-order valence-corrected chi connectivity index (χ4v) is 1.99. The summed E-state index contributed by atoms with van der Waals surface area (Å²) in [5, 5.41) is 0. The van der Waals surface area contributed by atoms with Gasteiger partial charge in [0.25, 0.3) is 0 Å². The van der Waals surface area contributed by atoms with E-state index in [1.165, 1.54) is 32.1 Å². The molecule has 0 nitrogen and oxygen atoms in total. The van der Waals surface area contributed by atoms with Crippen LogP contribution in [-0.4, -0.2) is 6.67 Å². The molecule has 0 aliphatic heterocycles. The molecule has 1 fully saturated rings. The normalized spacial score (nSPS) is 22.1. The van der Waals surface area contributed by atoms with Crippen LogP contribution in [0.5, 0.6) is 0 Å². The van der Waals surface area contributed by atoms with Crippen molar-refractivity contribution in [2.45, 2.75) is 46.0 Å². The molecule has 66 valence electrons. The van der Waals surface area contributed by atoms with Crippen molar-refractivity contribution in [3.63, 3.8) is 0 Å². The molecule has 0 aromatic rings. The molecular weight excluding hydrogens is 139 g/mol. The molecule has 0 heterocycles. The molecule has 1 saturated carbocycles. The Balaban J connectivity index is 2.43. The van der Waals surface area contributed by atoms with Gasteiger partial charge < -0.3 is 0 Å². The highest BCUT2D eigenvalue weighted by Crippen LogP contribution is 2.38. The summed E-state index contributed by atoms with van der Waals surface area (Å²) < 4.78 is 12.6. The summed E-state index contributed by atoms with van der Waals surface area (Å²) in [5.74, 6) is 0.640. The molecular formula is C10H19F. The van der Waals surface area contributed by atoms with Gasteiger partial charge >= 0.3 is 0 Å². The Morgan fingerprint density at radius 1 is 1.18 bits per heavy atom. The topological polar surface area (TPSA) is 0 Å². The van der Waals surface area contributed by atoms with E-state index < -0.39 is 0 Å². The SMILES string of the molecule is CC(C)(CF)C1CCCCC1. The lowest BCUT2D eigenvalue weighted by Gasteiger charge is -2.34. The van der Waals surface area contributed by atoms with E-state index in [-0.39, 0.29) is 12.1 Å². The zero-order chi connectivity index (χ0) is 8.32. The average molecular weight is 158 g/mol. The van der Waals surface area contributed by atoms with Gasteiger partial charge in [0, 0.05) is 0 Å². The fourth-order valence-electron chi connectivity index (χ4n) is 1.99. The van der Waals surface area contributed by atoms with Crippen molar-refractivity contribution in [3.05, 3.63) is 0 Å². The lowest BCUT2D eigenvalue weighted by atomic mass is 9.72. The Morgan fingerprint density at radius 2 is 1.73 bits per heavy atom. The molecule has 1 rings (SSSR count). The van der Waals surface area contributed by atoms with Gasteiger partial charge in [0.1, 0.15) is 0 Å². The number of halogens is 1. The van der Waals surface area contributed by atoms with Crippen LogP contribution in [0.3, 0.4) is 0 Å². The Bertz CT molecular complexity index is 112. The largest absolute Gasteiger partial charge is 0.251 e. The first-order chi connectivity index (χ1) is 5.17. The van der Waals surface area contributed by atoms with Crippen LogP contribution in [0.25, 0.3) is 0 Å². The second-order valence-corrected chi connectivity index (χ2v) is 4.46. The summed E-state index contributed by atoms with van der Waals surface area (Å²) in [7, 11) is 0. The molecule has 0 radical (unpaired) electrons. The van der Waals surface area contributed by atoms with Crippen molar-refractivity contribution in [2.24, 2.45) is 11.3 Å². The van der Waals surface area contributed by atoms with Gasteiger partial charge in [-0.2, -0.15) is 0 Å². The third kappa shape index (κ3) is 2.18. The molecule has 1 aliphatic rings. The molecule has 0 aromatic carbocycles. The van der Waals surface area contributed by atoms with Gasteiger partial charge in [-0.15, -0.1) is 0 Å². The summed E-state index contributed by atoms with van der Waals surface area (Å²) in [5.41, 5.74) is -0.0551. The molecule has 0 atom stereocenters. The van der Waals surface area contributed by atoms with Crippen molar-refractivity contribution in [1.29, 1.82) is 0 Å². The molecule has 0 N–H and O–H groups in total. The van der Waals surface area contributed by atoms with Crippen LogP contribution >= 0.6 is 0 Å². The smallest absolute Gasteiger partial charge is 0.0947 e. The third-order valence-electron chi connectivity index (χ3n) is 3.05. The number of hydrogen-bond acceptors (Lipinski definition) is 0. The molecule has 0 bridgehead atoms. The minimum atomic E-state index is -0.155. The van der Waals surface area contributed by atoms with Crippen molar-refractivity contribution in [2.75, 3.05) is 6.67 Å². The zero-order valence-corrected chi connectivity index (χ0v) is 7.70. The third-order valence-corrected chi connectivity index (χ3v) is 3.05. The molecule has 1 aliphatic carbocycles. The van der Waals surface area contributed by atoms with E-state index in [0.29, 0.717) is 5.92 Å². The fraction of sp³-hybridized carbons (Fsp3) is 1.00. The van der Waals surface area contributed by atoms with Crippen LogP contribution < -0.4 is 0 Å². The lowest BCUT2D eigenvalue weighted by Crippen LogP contribution is -2.27. The van der Waals surface area contributed by atoms with Crippen LogP contribution in [0.15, 0.2) is 0 Å². The van der Waals surface area contributed by atoms with E-state index in [4.69, 9.17) is 0 Å². The summed E-state index contributed by atoms with van der Waals surface area (Å²) in [6.45, 7) is 3.96. The Labute approximate surface area is 69.2 Å². The molecule has 0 spiro atoms. The van der Waals surface area contributed by atoms with E-state index in [2.05, 4.69) is 13.8 Å². The van der Waals surface area contributed by atoms with Crippen LogP contribution in [0.4, 0.5) is 4.39 Å². The average Bonchev–Trinajstić information content (AvgIpc) is 2.06. The molecule has 1 heteroatoms. The number of alkyl halides is 1. The monoisotopic (exact) mass is 158 g/mol. The van der Waals surface area contributed by atoms with Crippen LogP contribution in [0, 0.1) is 11.3 Å². The van der Waals surface area contributed by atoms with E-state index in [1.807, 2.05) is 0 Å². The maximum Gasteiger partial charge on any atom is 0.0947 e. The first-order valence-corrected chi connectivity index (χ1v) is 4.73. The predicted molar refractivity (Wildman–Crippen MR) is 46.3 cm³/mol. The maximum atomic E-state index is 12.6. The Morgan fingerprint density at radius 3 is 2.18 bits per heavy atom. The Hall–Kier alpha value is -0.0700. The van der Waals surface area contributed by atoms with E-state index in [1.54, 1.807) is 0 Å². The first kappa shape index (κ1) is 9.02. The predicted octanol–water partition coefficient (Wildman–Crippen LogP) is 3.56. The minimum absolute atomic E-state index is 0.0551. The quantitative estimate of drug-likeness (QED) is 0.576. The summed E-state index contributed by atoms with van der Waals surface area (Å²) in [6, 6.07) is 0. The van der Waals surface area contributed by atoms with Gasteiger partial charge in [-0.25, -0.2) is 0 Å². The number of rotatable bonds is 2. The zero-order valence-electron chi connectivity index (χ0n) is 7.70. The molecule has 11 heavy (non-hydrogen) atoms. The van der Waals surface area contributed by atoms with Crippen molar-refractivity contribution >= 4 is 0 Å². The highest BCUT2D eigenvalue weighted by atomic mass is 19.1.